The average molecular weight is 316 g/mol. The lowest BCUT2D eigenvalue weighted by Gasteiger charge is -2.24. The van der Waals surface area contributed by atoms with Gasteiger partial charge in [0.1, 0.15) is 0 Å². The first kappa shape index (κ1) is 14.8. The molecular weight excluding hydrogens is 301 g/mol. The van der Waals surface area contributed by atoms with Gasteiger partial charge in [0.05, 0.1) is 6.10 Å². The summed E-state index contributed by atoms with van der Waals surface area (Å²) in [5.41, 5.74) is 8.48. The van der Waals surface area contributed by atoms with Gasteiger partial charge in [-0.15, -0.1) is 0 Å². The Labute approximate surface area is 126 Å². The van der Waals surface area contributed by atoms with Crippen LogP contribution in [0.25, 0.3) is 0 Å². The predicted octanol–water partition coefficient (Wildman–Crippen LogP) is 4.14. The molecule has 2 atom stereocenters. The van der Waals surface area contributed by atoms with Crippen molar-refractivity contribution in [1.29, 1.82) is 0 Å². The zero-order valence-electron chi connectivity index (χ0n) is 10.4. The van der Waals surface area contributed by atoms with E-state index < -0.39 is 6.10 Å². The van der Waals surface area contributed by atoms with E-state index in [1.54, 1.807) is 29.5 Å². The monoisotopic (exact) mass is 315 g/mol. The summed E-state index contributed by atoms with van der Waals surface area (Å²) in [6, 6.07) is 5.31. The summed E-state index contributed by atoms with van der Waals surface area (Å²) in [5.74, 6) is -0.311. The van der Waals surface area contributed by atoms with Crippen LogP contribution in [0.15, 0.2) is 29.0 Å². The maximum absolute atomic E-state index is 10.6. The lowest BCUT2D eigenvalue weighted by Crippen LogP contribution is -2.21. The van der Waals surface area contributed by atoms with Gasteiger partial charge in [0, 0.05) is 22.5 Å². The Hall–Kier alpha value is -0.580. The maximum Gasteiger partial charge on any atom is 0.0882 e. The Morgan fingerprint density at radius 1 is 1.26 bits per heavy atom. The molecule has 0 aliphatic heterocycles. The van der Waals surface area contributed by atoms with Gasteiger partial charge < -0.3 is 10.8 Å². The molecule has 0 saturated heterocycles. The molecule has 0 aliphatic carbocycles. The second-order valence-corrected chi connectivity index (χ2v) is 5.99. The van der Waals surface area contributed by atoms with Crippen molar-refractivity contribution >= 4 is 34.5 Å². The Bertz CT molecular complexity index is 550. The van der Waals surface area contributed by atoms with Crippen LogP contribution in [0.5, 0.6) is 0 Å². The van der Waals surface area contributed by atoms with Crippen LogP contribution in [0.2, 0.25) is 10.0 Å². The van der Waals surface area contributed by atoms with Crippen LogP contribution in [0.3, 0.4) is 0 Å². The first-order chi connectivity index (χ1) is 9.06. The lowest BCUT2D eigenvalue weighted by atomic mass is 9.89. The van der Waals surface area contributed by atoms with Crippen LogP contribution in [0.1, 0.15) is 28.7 Å². The van der Waals surface area contributed by atoms with Crippen molar-refractivity contribution in [3.05, 3.63) is 55.7 Å². The summed E-state index contributed by atoms with van der Waals surface area (Å²) >= 11 is 14.0. The van der Waals surface area contributed by atoms with Crippen molar-refractivity contribution in [2.45, 2.75) is 18.9 Å². The number of nitrogens with two attached hydrogens (primary N) is 1. The maximum atomic E-state index is 10.6. The minimum absolute atomic E-state index is 0.278. The standard InChI is InChI=1S/C14H15Cl2NOS/c1-8-6-19-7-10(8)14(18)9(5-17)13-11(15)3-2-4-12(13)16/h2-4,6-7,9,14,18H,5,17H2,1H3. The molecule has 2 aromatic rings. The highest BCUT2D eigenvalue weighted by Gasteiger charge is 2.26. The molecular formula is C14H15Cl2NOS. The van der Waals surface area contributed by atoms with E-state index in [4.69, 9.17) is 28.9 Å². The molecule has 1 aromatic carbocycles. The Morgan fingerprint density at radius 3 is 2.37 bits per heavy atom. The number of aliphatic hydroxyl groups excluding tert-OH is 1. The van der Waals surface area contributed by atoms with Crippen molar-refractivity contribution in [3.8, 4) is 0 Å². The first-order valence-corrected chi connectivity index (χ1v) is 7.60. The van der Waals surface area contributed by atoms with Crippen molar-refractivity contribution in [1.82, 2.24) is 0 Å². The molecule has 0 radical (unpaired) electrons. The van der Waals surface area contributed by atoms with E-state index >= 15 is 0 Å². The number of halogens is 2. The molecule has 0 fully saturated rings. The number of hydrogen-bond donors (Lipinski definition) is 2. The third-order valence-corrected chi connectivity index (χ3v) is 4.76. The number of benzene rings is 1. The van der Waals surface area contributed by atoms with Crippen LogP contribution in [0.4, 0.5) is 0 Å². The minimum Gasteiger partial charge on any atom is -0.388 e. The molecule has 19 heavy (non-hydrogen) atoms. The Balaban J connectivity index is 2.43. The van der Waals surface area contributed by atoms with Crippen LogP contribution in [0, 0.1) is 6.92 Å². The SMILES string of the molecule is Cc1cscc1C(O)C(CN)c1c(Cl)cccc1Cl. The van der Waals surface area contributed by atoms with E-state index in [1.165, 1.54) is 0 Å². The summed E-state index contributed by atoms with van der Waals surface area (Å²) < 4.78 is 0. The highest BCUT2D eigenvalue weighted by atomic mass is 35.5. The van der Waals surface area contributed by atoms with Crippen molar-refractivity contribution in [3.63, 3.8) is 0 Å². The van der Waals surface area contributed by atoms with Crippen LogP contribution in [-0.2, 0) is 0 Å². The zero-order chi connectivity index (χ0) is 14.0. The normalized spacial score (nSPS) is 14.4. The topological polar surface area (TPSA) is 46.2 Å². The van der Waals surface area contributed by atoms with Crippen LogP contribution in [-0.4, -0.2) is 11.7 Å². The first-order valence-electron chi connectivity index (χ1n) is 5.91. The van der Waals surface area contributed by atoms with E-state index in [1.807, 2.05) is 17.7 Å². The van der Waals surface area contributed by atoms with Crippen molar-refractivity contribution < 1.29 is 5.11 Å². The molecule has 0 amide bonds. The molecule has 1 aromatic heterocycles. The third-order valence-electron chi connectivity index (χ3n) is 3.22. The molecule has 0 spiro atoms. The third kappa shape index (κ3) is 2.96. The van der Waals surface area contributed by atoms with E-state index in [2.05, 4.69) is 0 Å². The van der Waals surface area contributed by atoms with E-state index in [9.17, 15) is 5.11 Å². The predicted molar refractivity (Wildman–Crippen MR) is 82.3 cm³/mol. The largest absolute Gasteiger partial charge is 0.388 e. The second-order valence-electron chi connectivity index (χ2n) is 4.43. The molecule has 102 valence electrons. The summed E-state index contributed by atoms with van der Waals surface area (Å²) in [5, 5.41) is 15.6. The highest BCUT2D eigenvalue weighted by molar-refractivity contribution is 7.08. The molecule has 0 saturated carbocycles. The van der Waals surface area contributed by atoms with Crippen LogP contribution >= 0.6 is 34.5 Å². The van der Waals surface area contributed by atoms with E-state index in [0.29, 0.717) is 15.6 Å². The summed E-state index contributed by atoms with van der Waals surface area (Å²) in [4.78, 5) is 0. The second kappa shape index (κ2) is 6.25. The number of aliphatic hydroxyl groups is 1. The Morgan fingerprint density at radius 2 is 1.89 bits per heavy atom. The number of rotatable bonds is 4. The van der Waals surface area contributed by atoms with Gasteiger partial charge >= 0.3 is 0 Å². The van der Waals surface area contributed by atoms with Gasteiger partial charge in [-0.05, 0) is 46.5 Å². The number of aryl methyl sites for hydroxylation is 1. The smallest absolute Gasteiger partial charge is 0.0882 e. The quantitative estimate of drug-likeness (QED) is 0.890. The van der Waals surface area contributed by atoms with E-state index in [-0.39, 0.29) is 12.5 Å². The molecule has 3 N–H and O–H groups in total. The van der Waals surface area contributed by atoms with Gasteiger partial charge in [0.2, 0.25) is 0 Å². The van der Waals surface area contributed by atoms with Crippen LogP contribution < -0.4 is 5.73 Å². The molecule has 2 nitrogen and oxygen atoms in total. The number of thiophene rings is 1. The Kier molecular flexibility index (Phi) is 4.87. The fraction of sp³-hybridized carbons (Fsp3) is 0.286. The molecule has 2 rings (SSSR count). The number of hydrogen-bond acceptors (Lipinski definition) is 3. The summed E-state index contributed by atoms with van der Waals surface area (Å²) in [7, 11) is 0. The van der Waals surface area contributed by atoms with Gasteiger partial charge in [-0.25, -0.2) is 0 Å². The van der Waals surface area contributed by atoms with Gasteiger partial charge in [-0.1, -0.05) is 29.3 Å². The fourth-order valence-electron chi connectivity index (χ4n) is 2.16. The molecule has 5 heteroatoms. The van der Waals surface area contributed by atoms with Crippen molar-refractivity contribution in [2.75, 3.05) is 6.54 Å². The summed E-state index contributed by atoms with van der Waals surface area (Å²) in [6.07, 6.45) is -0.700. The van der Waals surface area contributed by atoms with Gasteiger partial charge in [0.15, 0.2) is 0 Å². The molecule has 0 aliphatic rings. The lowest BCUT2D eigenvalue weighted by molar-refractivity contribution is 0.147. The highest BCUT2D eigenvalue weighted by Crippen LogP contribution is 2.39. The minimum atomic E-state index is -0.700. The van der Waals surface area contributed by atoms with Gasteiger partial charge in [-0.3, -0.25) is 0 Å². The summed E-state index contributed by atoms with van der Waals surface area (Å²) in [6.45, 7) is 2.25. The van der Waals surface area contributed by atoms with Crippen molar-refractivity contribution in [2.24, 2.45) is 5.73 Å². The fourth-order valence-corrected chi connectivity index (χ4v) is 3.72. The molecule has 0 bridgehead atoms. The van der Waals surface area contributed by atoms with Gasteiger partial charge in [-0.2, -0.15) is 11.3 Å². The average Bonchev–Trinajstić information content (AvgIpc) is 2.79. The van der Waals surface area contributed by atoms with E-state index in [0.717, 1.165) is 11.1 Å². The van der Waals surface area contributed by atoms with Gasteiger partial charge in [0.25, 0.3) is 0 Å². The molecule has 1 heterocycles. The molecule has 2 unspecified atom stereocenters. The zero-order valence-corrected chi connectivity index (χ0v) is 12.8.